The van der Waals surface area contributed by atoms with E-state index in [1.807, 2.05) is 0 Å². The van der Waals surface area contributed by atoms with E-state index in [1.165, 1.54) is 89.9 Å². The van der Waals surface area contributed by atoms with Crippen molar-refractivity contribution in [2.45, 2.75) is 200 Å². The first-order chi connectivity index (χ1) is 25.6. The molecule has 0 spiro atoms. The molecule has 52 heavy (non-hydrogen) atoms. The summed E-state index contributed by atoms with van der Waals surface area (Å²) in [7, 11) is 0. The van der Waals surface area contributed by atoms with Crippen LogP contribution in [0.1, 0.15) is 194 Å². The Balaban J connectivity index is 3.64. The first kappa shape index (κ1) is 49.3. The molecule has 0 amide bonds. The summed E-state index contributed by atoms with van der Waals surface area (Å²) >= 11 is 0. The molecule has 0 aliphatic carbocycles. The number of rotatable bonds is 38. The van der Waals surface area contributed by atoms with E-state index in [2.05, 4.69) is 86.8 Å². The molecular weight excluding hydrogens is 645 g/mol. The minimum absolute atomic E-state index is 0.0848. The molecule has 298 valence electrons. The van der Waals surface area contributed by atoms with Gasteiger partial charge >= 0.3 is 11.9 Å². The minimum atomic E-state index is -0.796. The first-order valence-corrected chi connectivity index (χ1v) is 21.5. The molecule has 0 aromatic heterocycles. The molecule has 0 saturated carbocycles. The molecule has 0 fully saturated rings. The van der Waals surface area contributed by atoms with E-state index in [4.69, 9.17) is 9.47 Å². The van der Waals surface area contributed by atoms with Gasteiger partial charge in [-0.1, -0.05) is 189 Å². The van der Waals surface area contributed by atoms with Crippen molar-refractivity contribution in [2.75, 3.05) is 13.2 Å². The zero-order valence-corrected chi connectivity index (χ0v) is 33.8. The minimum Gasteiger partial charge on any atom is -0.462 e. The average Bonchev–Trinajstić information content (AvgIpc) is 3.15. The zero-order valence-electron chi connectivity index (χ0n) is 33.8. The molecule has 0 rings (SSSR count). The highest BCUT2D eigenvalue weighted by atomic mass is 16.6. The summed E-state index contributed by atoms with van der Waals surface area (Å²) in [6, 6.07) is 0. The van der Waals surface area contributed by atoms with Crippen molar-refractivity contribution < 1.29 is 24.2 Å². The predicted octanol–water partition coefficient (Wildman–Crippen LogP) is 13.7. The summed E-state index contributed by atoms with van der Waals surface area (Å²) in [5, 5.41) is 9.57. The number of hydrogen-bond donors (Lipinski definition) is 1. The summed E-state index contributed by atoms with van der Waals surface area (Å²) in [6.07, 6.45) is 56.8. The number of hydrogen-bond acceptors (Lipinski definition) is 5. The predicted molar refractivity (Wildman–Crippen MR) is 223 cm³/mol. The fraction of sp³-hybridized carbons (Fsp3) is 0.702. The number of ether oxygens (including phenoxy) is 2. The third kappa shape index (κ3) is 40.1. The van der Waals surface area contributed by atoms with E-state index in [-0.39, 0.29) is 25.2 Å². The third-order valence-electron chi connectivity index (χ3n) is 9.01. The Morgan fingerprint density at radius 2 is 0.827 bits per heavy atom. The van der Waals surface area contributed by atoms with Crippen LogP contribution in [0.4, 0.5) is 0 Å². The Morgan fingerprint density at radius 3 is 1.25 bits per heavy atom. The smallest absolute Gasteiger partial charge is 0.306 e. The van der Waals surface area contributed by atoms with Crippen LogP contribution < -0.4 is 0 Å². The van der Waals surface area contributed by atoms with Crippen LogP contribution in [0.3, 0.4) is 0 Å². The van der Waals surface area contributed by atoms with Crippen molar-refractivity contribution in [2.24, 2.45) is 0 Å². The van der Waals surface area contributed by atoms with Crippen LogP contribution in [-0.4, -0.2) is 36.4 Å². The van der Waals surface area contributed by atoms with Gasteiger partial charge in [-0.15, -0.1) is 0 Å². The topological polar surface area (TPSA) is 72.8 Å². The highest BCUT2D eigenvalue weighted by molar-refractivity contribution is 5.70. The molecule has 0 aromatic carbocycles. The van der Waals surface area contributed by atoms with E-state index < -0.39 is 6.10 Å². The van der Waals surface area contributed by atoms with E-state index in [9.17, 15) is 14.7 Å². The summed E-state index contributed by atoms with van der Waals surface area (Å²) < 4.78 is 10.6. The van der Waals surface area contributed by atoms with Crippen LogP contribution in [0.15, 0.2) is 72.9 Å². The van der Waals surface area contributed by atoms with Gasteiger partial charge in [0.15, 0.2) is 6.10 Å². The van der Waals surface area contributed by atoms with E-state index in [1.54, 1.807) is 0 Å². The molecule has 0 bridgehead atoms. The summed E-state index contributed by atoms with van der Waals surface area (Å²) in [5.74, 6) is -0.641. The normalized spacial score (nSPS) is 12.9. The van der Waals surface area contributed by atoms with Crippen molar-refractivity contribution >= 4 is 11.9 Å². The van der Waals surface area contributed by atoms with Gasteiger partial charge in [0.2, 0.25) is 0 Å². The molecule has 5 heteroatoms. The van der Waals surface area contributed by atoms with Crippen molar-refractivity contribution in [3.05, 3.63) is 72.9 Å². The number of carbonyl (C=O) groups is 2. The maximum atomic E-state index is 12.2. The molecule has 0 saturated heterocycles. The number of esters is 2. The number of aliphatic hydroxyl groups is 1. The fourth-order valence-corrected chi connectivity index (χ4v) is 5.79. The van der Waals surface area contributed by atoms with Crippen molar-refractivity contribution in [3.63, 3.8) is 0 Å². The van der Waals surface area contributed by atoms with E-state index in [0.29, 0.717) is 12.8 Å². The number of aliphatic hydroxyl groups excluding tert-OH is 1. The number of carbonyl (C=O) groups excluding carboxylic acids is 2. The maximum Gasteiger partial charge on any atom is 0.306 e. The summed E-state index contributed by atoms with van der Waals surface area (Å²) in [6.45, 7) is 3.99. The van der Waals surface area contributed by atoms with Crippen molar-refractivity contribution in [1.29, 1.82) is 0 Å². The van der Waals surface area contributed by atoms with Crippen LogP contribution in [-0.2, 0) is 19.1 Å². The second-order valence-corrected chi connectivity index (χ2v) is 14.0. The van der Waals surface area contributed by atoms with Gasteiger partial charge in [-0.25, -0.2) is 0 Å². The van der Waals surface area contributed by atoms with Crippen molar-refractivity contribution in [3.8, 4) is 0 Å². The van der Waals surface area contributed by atoms with Gasteiger partial charge in [0.25, 0.3) is 0 Å². The average molecular weight is 725 g/mol. The molecule has 0 aliphatic rings. The molecule has 5 nitrogen and oxygen atoms in total. The lowest BCUT2D eigenvalue weighted by atomic mass is 10.0. The van der Waals surface area contributed by atoms with Gasteiger partial charge < -0.3 is 14.6 Å². The molecule has 0 heterocycles. The van der Waals surface area contributed by atoms with Gasteiger partial charge in [-0.05, 0) is 64.2 Å². The molecule has 1 unspecified atom stereocenters. The summed E-state index contributed by atoms with van der Waals surface area (Å²) in [4.78, 5) is 24.3. The van der Waals surface area contributed by atoms with Crippen molar-refractivity contribution in [1.82, 2.24) is 0 Å². The molecule has 1 atom stereocenters. The van der Waals surface area contributed by atoms with Crippen LogP contribution >= 0.6 is 0 Å². The Bertz CT molecular complexity index is 957. The molecule has 1 N–H and O–H groups in total. The molecule has 0 radical (unpaired) electrons. The Morgan fingerprint density at radius 1 is 0.462 bits per heavy atom. The lowest BCUT2D eigenvalue weighted by molar-refractivity contribution is -0.161. The first-order valence-electron chi connectivity index (χ1n) is 21.5. The lowest BCUT2D eigenvalue weighted by Gasteiger charge is -2.15. The highest BCUT2D eigenvalue weighted by Gasteiger charge is 2.16. The lowest BCUT2D eigenvalue weighted by Crippen LogP contribution is -2.28. The zero-order chi connectivity index (χ0) is 37.8. The molecular formula is C47H80O5. The SMILES string of the molecule is CC/C=C\C/C=C\C/C=C\C/C=C\C/C=C\C/C=C\CCCCC(=O)OC(CO)COC(=O)CCCCCCCCCCCCCCCCCCC. The fourth-order valence-electron chi connectivity index (χ4n) is 5.79. The monoisotopic (exact) mass is 725 g/mol. The van der Waals surface area contributed by atoms with Gasteiger partial charge in [0, 0.05) is 12.8 Å². The largest absolute Gasteiger partial charge is 0.462 e. The van der Waals surface area contributed by atoms with E-state index in [0.717, 1.165) is 77.0 Å². The van der Waals surface area contributed by atoms with Crippen LogP contribution in [0.2, 0.25) is 0 Å². The Kier molecular flexibility index (Phi) is 40.6. The van der Waals surface area contributed by atoms with Gasteiger partial charge in [0.05, 0.1) is 6.61 Å². The van der Waals surface area contributed by atoms with E-state index >= 15 is 0 Å². The molecule has 0 aromatic rings. The summed E-state index contributed by atoms with van der Waals surface area (Å²) in [5.41, 5.74) is 0. The Hall–Kier alpha value is -2.66. The number of unbranched alkanes of at least 4 members (excludes halogenated alkanes) is 18. The quantitative estimate of drug-likeness (QED) is 0.0390. The van der Waals surface area contributed by atoms with Gasteiger partial charge in [0.1, 0.15) is 6.61 Å². The second-order valence-electron chi connectivity index (χ2n) is 14.0. The second kappa shape index (κ2) is 42.8. The number of allylic oxidation sites excluding steroid dienone is 12. The van der Waals surface area contributed by atoms with Gasteiger partial charge in [-0.2, -0.15) is 0 Å². The maximum absolute atomic E-state index is 12.2. The van der Waals surface area contributed by atoms with Crippen LogP contribution in [0, 0.1) is 0 Å². The Labute approximate surface area is 321 Å². The standard InChI is InChI=1S/C47H80O5/c1-3-5-7-9-11-13-15-17-19-21-22-23-24-26-28-30-32-34-36-38-40-42-47(50)52-45(43-48)44-51-46(49)41-39-37-35-33-31-29-27-25-20-18-16-14-12-10-8-6-4-2/h5,7,11,13,17,19,22-23,26,28,32,34,45,48H,3-4,6,8-10,12,14-16,18,20-21,24-25,27,29-31,33,35-44H2,1-2H3/b7-5-,13-11-,19-17-,23-22-,28-26-,34-32-. The molecule has 0 aliphatic heterocycles. The van der Waals surface area contributed by atoms with Crippen LogP contribution in [0.5, 0.6) is 0 Å². The van der Waals surface area contributed by atoms with Crippen LogP contribution in [0.25, 0.3) is 0 Å². The highest BCUT2D eigenvalue weighted by Crippen LogP contribution is 2.15. The third-order valence-corrected chi connectivity index (χ3v) is 9.01. The van der Waals surface area contributed by atoms with Gasteiger partial charge in [-0.3, -0.25) is 9.59 Å².